The molecule has 0 unspecified atom stereocenters. The summed E-state index contributed by atoms with van der Waals surface area (Å²) in [7, 11) is 1.59. The third-order valence-corrected chi connectivity index (χ3v) is 4.58. The SMILES string of the molecule is COc1ccc(C(=O)CCCC(=O)NC2(CN)CCCC2)cc1. The van der Waals surface area contributed by atoms with E-state index < -0.39 is 0 Å². The van der Waals surface area contributed by atoms with E-state index in [0.29, 0.717) is 31.4 Å². The Morgan fingerprint density at radius 2 is 1.83 bits per heavy atom. The van der Waals surface area contributed by atoms with Gasteiger partial charge in [-0.1, -0.05) is 12.8 Å². The van der Waals surface area contributed by atoms with E-state index in [0.717, 1.165) is 31.4 Å². The number of rotatable bonds is 8. The van der Waals surface area contributed by atoms with Crippen LogP contribution >= 0.6 is 0 Å². The molecule has 5 heteroatoms. The van der Waals surface area contributed by atoms with E-state index >= 15 is 0 Å². The van der Waals surface area contributed by atoms with Crippen molar-refractivity contribution in [2.24, 2.45) is 5.73 Å². The molecule has 0 heterocycles. The van der Waals surface area contributed by atoms with Crippen LogP contribution in [0.1, 0.15) is 55.3 Å². The van der Waals surface area contributed by atoms with Gasteiger partial charge >= 0.3 is 0 Å². The fourth-order valence-electron chi connectivity index (χ4n) is 3.12. The fraction of sp³-hybridized carbons (Fsp3) is 0.556. The van der Waals surface area contributed by atoms with Crippen LogP contribution in [0, 0.1) is 0 Å². The second-order valence-electron chi connectivity index (χ2n) is 6.24. The molecule has 23 heavy (non-hydrogen) atoms. The van der Waals surface area contributed by atoms with E-state index in [4.69, 9.17) is 10.5 Å². The average Bonchev–Trinajstić information content (AvgIpc) is 3.03. The van der Waals surface area contributed by atoms with Crippen LogP contribution in [0.5, 0.6) is 5.75 Å². The normalized spacial score (nSPS) is 16.1. The molecule has 1 aromatic carbocycles. The van der Waals surface area contributed by atoms with Crippen LogP contribution < -0.4 is 15.8 Å². The van der Waals surface area contributed by atoms with Crippen molar-refractivity contribution in [3.63, 3.8) is 0 Å². The highest BCUT2D eigenvalue weighted by Crippen LogP contribution is 2.28. The van der Waals surface area contributed by atoms with Gasteiger partial charge in [0.15, 0.2) is 5.78 Å². The van der Waals surface area contributed by atoms with Crippen LogP contribution in [-0.4, -0.2) is 30.9 Å². The molecule has 0 radical (unpaired) electrons. The molecule has 1 amide bonds. The molecule has 1 aliphatic rings. The summed E-state index contributed by atoms with van der Waals surface area (Å²) in [5.41, 5.74) is 6.26. The number of nitrogens with one attached hydrogen (secondary N) is 1. The highest BCUT2D eigenvalue weighted by Gasteiger charge is 2.33. The first kappa shape index (κ1) is 17.5. The number of Topliss-reactive ketones (excluding diaryl/α,β-unsaturated/α-hetero) is 1. The molecular weight excluding hydrogens is 292 g/mol. The minimum absolute atomic E-state index is 0.000110. The van der Waals surface area contributed by atoms with Crippen LogP contribution in [0.25, 0.3) is 0 Å². The molecule has 1 fully saturated rings. The largest absolute Gasteiger partial charge is 0.497 e. The zero-order chi connectivity index (χ0) is 16.7. The Morgan fingerprint density at radius 3 is 2.39 bits per heavy atom. The van der Waals surface area contributed by atoms with Crippen molar-refractivity contribution >= 4 is 11.7 Å². The van der Waals surface area contributed by atoms with Crippen LogP contribution in [0.4, 0.5) is 0 Å². The van der Waals surface area contributed by atoms with Gasteiger partial charge in [-0.2, -0.15) is 0 Å². The Balaban J connectivity index is 1.75. The summed E-state index contributed by atoms with van der Waals surface area (Å²) in [6, 6.07) is 7.04. The van der Waals surface area contributed by atoms with Gasteiger partial charge in [-0.15, -0.1) is 0 Å². The van der Waals surface area contributed by atoms with E-state index in [9.17, 15) is 9.59 Å². The van der Waals surface area contributed by atoms with E-state index in [1.807, 2.05) is 0 Å². The number of carbonyl (C=O) groups is 2. The number of ketones is 1. The maximum Gasteiger partial charge on any atom is 0.220 e. The Kier molecular flexibility index (Phi) is 6.16. The minimum Gasteiger partial charge on any atom is -0.497 e. The number of ether oxygens (including phenoxy) is 1. The zero-order valence-electron chi connectivity index (χ0n) is 13.8. The number of methoxy groups -OCH3 is 1. The Bertz CT molecular complexity index is 534. The fourth-order valence-corrected chi connectivity index (χ4v) is 3.12. The van der Waals surface area contributed by atoms with Gasteiger partial charge in [0.2, 0.25) is 5.91 Å². The molecule has 126 valence electrons. The van der Waals surface area contributed by atoms with Crippen molar-refractivity contribution in [3.8, 4) is 5.75 Å². The van der Waals surface area contributed by atoms with Gasteiger partial charge in [0.1, 0.15) is 5.75 Å². The maximum atomic E-state index is 12.1. The summed E-state index contributed by atoms with van der Waals surface area (Å²) in [4.78, 5) is 24.2. The molecular formula is C18H26N2O3. The molecule has 0 aromatic heterocycles. The second-order valence-corrected chi connectivity index (χ2v) is 6.24. The molecule has 1 saturated carbocycles. The van der Waals surface area contributed by atoms with Gasteiger partial charge in [-0.25, -0.2) is 0 Å². The summed E-state index contributed by atoms with van der Waals surface area (Å²) >= 11 is 0. The summed E-state index contributed by atoms with van der Waals surface area (Å²) in [5, 5.41) is 3.08. The monoisotopic (exact) mass is 318 g/mol. The van der Waals surface area contributed by atoms with E-state index in [-0.39, 0.29) is 17.2 Å². The summed E-state index contributed by atoms with van der Waals surface area (Å²) in [5.74, 6) is 0.777. The highest BCUT2D eigenvalue weighted by atomic mass is 16.5. The molecule has 1 aliphatic carbocycles. The number of hydrogen-bond acceptors (Lipinski definition) is 4. The van der Waals surface area contributed by atoms with Crippen LogP contribution in [0.2, 0.25) is 0 Å². The van der Waals surface area contributed by atoms with E-state index in [1.54, 1.807) is 31.4 Å². The molecule has 0 saturated heterocycles. The Labute approximate surface area is 137 Å². The number of hydrogen-bond donors (Lipinski definition) is 2. The molecule has 2 rings (SSSR count). The first-order chi connectivity index (χ1) is 11.1. The highest BCUT2D eigenvalue weighted by molar-refractivity contribution is 5.96. The molecule has 5 nitrogen and oxygen atoms in total. The first-order valence-electron chi connectivity index (χ1n) is 8.27. The van der Waals surface area contributed by atoms with Crippen LogP contribution in [0.15, 0.2) is 24.3 Å². The van der Waals surface area contributed by atoms with Gasteiger partial charge < -0.3 is 15.8 Å². The third-order valence-electron chi connectivity index (χ3n) is 4.58. The van der Waals surface area contributed by atoms with Crippen LogP contribution in [0.3, 0.4) is 0 Å². The second kappa shape index (κ2) is 8.11. The lowest BCUT2D eigenvalue weighted by Gasteiger charge is -2.28. The average molecular weight is 318 g/mol. The van der Waals surface area contributed by atoms with Crippen molar-refractivity contribution in [1.82, 2.24) is 5.32 Å². The van der Waals surface area contributed by atoms with Crippen molar-refractivity contribution in [3.05, 3.63) is 29.8 Å². The molecule has 0 bridgehead atoms. The Hall–Kier alpha value is -1.88. The van der Waals surface area contributed by atoms with E-state index in [2.05, 4.69) is 5.32 Å². The van der Waals surface area contributed by atoms with Crippen LogP contribution in [-0.2, 0) is 4.79 Å². The van der Waals surface area contributed by atoms with Gasteiger partial charge in [0.05, 0.1) is 12.6 Å². The molecule has 0 spiro atoms. The molecule has 3 N–H and O–H groups in total. The number of nitrogens with two attached hydrogens (primary N) is 1. The maximum absolute atomic E-state index is 12.1. The lowest BCUT2D eigenvalue weighted by molar-refractivity contribution is -0.123. The van der Waals surface area contributed by atoms with Crippen molar-refractivity contribution < 1.29 is 14.3 Å². The zero-order valence-corrected chi connectivity index (χ0v) is 13.8. The van der Waals surface area contributed by atoms with Crippen molar-refractivity contribution in [2.45, 2.75) is 50.5 Å². The lowest BCUT2D eigenvalue weighted by atomic mass is 9.97. The first-order valence-corrected chi connectivity index (χ1v) is 8.27. The molecule has 0 atom stereocenters. The number of benzene rings is 1. The van der Waals surface area contributed by atoms with Crippen molar-refractivity contribution in [1.29, 1.82) is 0 Å². The Morgan fingerprint density at radius 1 is 1.17 bits per heavy atom. The predicted octanol–water partition coefficient (Wildman–Crippen LogP) is 2.44. The molecule has 1 aromatic rings. The number of carbonyl (C=O) groups excluding carboxylic acids is 2. The minimum atomic E-state index is -0.211. The summed E-state index contributed by atoms with van der Waals surface area (Å²) < 4.78 is 5.07. The quantitative estimate of drug-likeness (QED) is 0.721. The third kappa shape index (κ3) is 4.79. The smallest absolute Gasteiger partial charge is 0.220 e. The lowest BCUT2D eigenvalue weighted by Crippen LogP contribution is -2.51. The van der Waals surface area contributed by atoms with E-state index in [1.165, 1.54) is 0 Å². The molecule has 0 aliphatic heterocycles. The number of amides is 1. The standard InChI is InChI=1S/C18H26N2O3/c1-23-15-9-7-14(8-10-15)16(21)5-4-6-17(22)20-18(13-19)11-2-3-12-18/h7-10H,2-6,11-13,19H2,1H3,(H,20,22). The summed E-state index contributed by atoms with van der Waals surface area (Å²) in [6.07, 6.45) is 5.44. The summed E-state index contributed by atoms with van der Waals surface area (Å²) in [6.45, 7) is 0.490. The van der Waals surface area contributed by atoms with Gasteiger partial charge in [-0.3, -0.25) is 9.59 Å². The van der Waals surface area contributed by atoms with Gasteiger partial charge in [-0.05, 0) is 43.5 Å². The van der Waals surface area contributed by atoms with Crippen molar-refractivity contribution in [2.75, 3.05) is 13.7 Å². The predicted molar refractivity (Wildman–Crippen MR) is 89.6 cm³/mol. The topological polar surface area (TPSA) is 81.4 Å². The van der Waals surface area contributed by atoms with Gasteiger partial charge in [0.25, 0.3) is 0 Å². The van der Waals surface area contributed by atoms with Gasteiger partial charge in [0, 0.05) is 24.9 Å².